The van der Waals surface area contributed by atoms with Crippen molar-refractivity contribution < 1.29 is 15.0 Å². The number of β-amino-alcohol motifs (C(OH)–C–C–N with tert-alkyl or cyclic N) is 1. The van der Waals surface area contributed by atoms with Gasteiger partial charge in [-0.25, -0.2) is 4.79 Å². The fraction of sp³-hybridized carbons (Fsp3) is 0.909. The zero-order valence-corrected chi connectivity index (χ0v) is 10.1. The normalized spacial score (nSPS) is 26.3. The molecule has 2 atom stereocenters. The molecule has 1 aliphatic rings. The predicted octanol–water partition coefficient (Wildman–Crippen LogP) is -0.247. The maximum absolute atomic E-state index is 10.8. The first-order valence-electron chi connectivity index (χ1n) is 5.78. The quantitative estimate of drug-likeness (QED) is 0.607. The number of hydrogen-bond acceptors (Lipinski definition) is 4. The van der Waals surface area contributed by atoms with Gasteiger partial charge in [0.15, 0.2) is 5.60 Å². The first kappa shape index (κ1) is 13.4. The van der Waals surface area contributed by atoms with Crippen LogP contribution in [0.3, 0.4) is 0 Å². The highest BCUT2D eigenvalue weighted by Gasteiger charge is 2.33. The van der Waals surface area contributed by atoms with E-state index in [2.05, 4.69) is 5.32 Å². The molecule has 3 N–H and O–H groups in total. The fourth-order valence-corrected chi connectivity index (χ4v) is 2.25. The summed E-state index contributed by atoms with van der Waals surface area (Å²) in [6.07, 6.45) is 2.24. The third-order valence-corrected chi connectivity index (χ3v) is 3.09. The lowest BCUT2D eigenvalue weighted by Crippen LogP contribution is -2.50. The van der Waals surface area contributed by atoms with Crippen molar-refractivity contribution in [2.75, 3.05) is 33.2 Å². The van der Waals surface area contributed by atoms with Crippen LogP contribution in [-0.2, 0) is 4.79 Å². The second-order valence-electron chi connectivity index (χ2n) is 4.88. The van der Waals surface area contributed by atoms with Crippen LogP contribution >= 0.6 is 0 Å². The van der Waals surface area contributed by atoms with Gasteiger partial charge in [0.05, 0.1) is 0 Å². The van der Waals surface area contributed by atoms with E-state index in [4.69, 9.17) is 5.11 Å². The van der Waals surface area contributed by atoms with Crippen molar-refractivity contribution in [1.29, 1.82) is 0 Å². The lowest BCUT2D eigenvalue weighted by Gasteiger charge is -2.35. The second-order valence-corrected chi connectivity index (χ2v) is 4.88. The first-order valence-corrected chi connectivity index (χ1v) is 5.78. The monoisotopic (exact) mass is 230 g/mol. The number of piperidine rings is 1. The summed E-state index contributed by atoms with van der Waals surface area (Å²) in [4.78, 5) is 12.9. The molecule has 0 aliphatic carbocycles. The summed E-state index contributed by atoms with van der Waals surface area (Å²) >= 11 is 0. The molecule has 5 heteroatoms. The van der Waals surface area contributed by atoms with E-state index in [1.54, 1.807) is 0 Å². The molecule has 0 spiro atoms. The highest BCUT2D eigenvalue weighted by Crippen LogP contribution is 2.18. The van der Waals surface area contributed by atoms with E-state index in [0.717, 1.165) is 26.1 Å². The molecule has 16 heavy (non-hydrogen) atoms. The molecule has 0 aromatic heterocycles. The van der Waals surface area contributed by atoms with Crippen molar-refractivity contribution in [3.05, 3.63) is 0 Å². The molecular formula is C11H22N2O3. The molecule has 0 saturated carbocycles. The summed E-state index contributed by atoms with van der Waals surface area (Å²) in [5.74, 6) is -0.591. The number of carboxylic acids is 1. The van der Waals surface area contributed by atoms with Gasteiger partial charge in [0.1, 0.15) is 0 Å². The Hall–Kier alpha value is -0.650. The third kappa shape index (κ3) is 3.73. The number of likely N-dealkylation sites (tertiary alicyclic amines) is 1. The molecule has 1 aliphatic heterocycles. The Morgan fingerprint density at radius 1 is 1.62 bits per heavy atom. The van der Waals surface area contributed by atoms with Gasteiger partial charge in [-0.05, 0) is 45.8 Å². The zero-order chi connectivity index (χ0) is 12.2. The van der Waals surface area contributed by atoms with Crippen LogP contribution in [0.15, 0.2) is 0 Å². The minimum absolute atomic E-state index is 0.211. The minimum Gasteiger partial charge on any atom is -0.479 e. The summed E-state index contributed by atoms with van der Waals surface area (Å²) in [5, 5.41) is 21.7. The van der Waals surface area contributed by atoms with Crippen molar-refractivity contribution in [3.63, 3.8) is 0 Å². The zero-order valence-electron chi connectivity index (χ0n) is 10.1. The average molecular weight is 230 g/mol. The number of nitrogens with one attached hydrogen (secondary N) is 1. The van der Waals surface area contributed by atoms with Crippen LogP contribution in [0.1, 0.15) is 19.8 Å². The summed E-state index contributed by atoms with van der Waals surface area (Å²) < 4.78 is 0. The van der Waals surface area contributed by atoms with Crippen LogP contribution in [0.25, 0.3) is 0 Å². The Morgan fingerprint density at radius 3 is 2.88 bits per heavy atom. The highest BCUT2D eigenvalue weighted by atomic mass is 16.4. The van der Waals surface area contributed by atoms with E-state index >= 15 is 0 Å². The molecule has 0 bridgehead atoms. The van der Waals surface area contributed by atoms with Gasteiger partial charge in [-0.1, -0.05) is 0 Å². The van der Waals surface area contributed by atoms with Crippen molar-refractivity contribution >= 4 is 5.97 Å². The largest absolute Gasteiger partial charge is 0.479 e. The van der Waals surface area contributed by atoms with Crippen LogP contribution in [0.4, 0.5) is 0 Å². The maximum atomic E-state index is 10.8. The molecule has 0 amide bonds. The van der Waals surface area contributed by atoms with E-state index in [1.807, 2.05) is 11.9 Å². The van der Waals surface area contributed by atoms with Crippen molar-refractivity contribution in [3.8, 4) is 0 Å². The standard InChI is InChI=1S/C11H22N2O3/c1-11(16,10(14)15)8-13-5-3-4-9(7-13)6-12-2/h9,12,16H,3-8H2,1-2H3,(H,14,15). The minimum atomic E-state index is -1.64. The number of aliphatic hydroxyl groups is 1. The van der Waals surface area contributed by atoms with Gasteiger partial charge >= 0.3 is 5.97 Å². The smallest absolute Gasteiger partial charge is 0.336 e. The lowest BCUT2D eigenvalue weighted by atomic mass is 9.96. The third-order valence-electron chi connectivity index (χ3n) is 3.09. The van der Waals surface area contributed by atoms with E-state index < -0.39 is 11.6 Å². The highest BCUT2D eigenvalue weighted by molar-refractivity contribution is 5.76. The van der Waals surface area contributed by atoms with Gasteiger partial charge in [0.25, 0.3) is 0 Å². The second kappa shape index (κ2) is 5.61. The van der Waals surface area contributed by atoms with Crippen LogP contribution in [0.5, 0.6) is 0 Å². The van der Waals surface area contributed by atoms with E-state index in [9.17, 15) is 9.90 Å². The van der Waals surface area contributed by atoms with Gasteiger partial charge < -0.3 is 15.5 Å². The van der Waals surface area contributed by atoms with Crippen LogP contribution < -0.4 is 5.32 Å². The summed E-state index contributed by atoms with van der Waals surface area (Å²) in [6, 6.07) is 0. The van der Waals surface area contributed by atoms with Gasteiger partial charge in [-0.2, -0.15) is 0 Å². The number of rotatable bonds is 5. The molecule has 2 unspecified atom stereocenters. The summed E-state index contributed by atoms with van der Waals surface area (Å²) in [7, 11) is 1.92. The van der Waals surface area contributed by atoms with E-state index in [-0.39, 0.29) is 6.54 Å². The van der Waals surface area contributed by atoms with E-state index in [1.165, 1.54) is 13.3 Å². The van der Waals surface area contributed by atoms with E-state index in [0.29, 0.717) is 5.92 Å². The Kier molecular flexibility index (Phi) is 4.70. The predicted molar refractivity (Wildman–Crippen MR) is 61.4 cm³/mol. The van der Waals surface area contributed by atoms with Crippen LogP contribution in [0.2, 0.25) is 0 Å². The number of carboxylic acid groups (broad SMARTS) is 1. The molecule has 1 fully saturated rings. The molecule has 0 aromatic carbocycles. The Balaban J connectivity index is 2.45. The number of hydrogen-bond donors (Lipinski definition) is 3. The Bertz CT molecular complexity index is 241. The van der Waals surface area contributed by atoms with Crippen molar-refractivity contribution in [2.24, 2.45) is 5.92 Å². The number of nitrogens with zero attached hydrogens (tertiary/aromatic N) is 1. The lowest BCUT2D eigenvalue weighted by molar-refractivity contribution is -0.158. The Labute approximate surface area is 96.4 Å². The SMILES string of the molecule is CNCC1CCCN(CC(C)(O)C(=O)O)C1. The number of aliphatic carboxylic acids is 1. The topological polar surface area (TPSA) is 72.8 Å². The van der Waals surface area contributed by atoms with Crippen LogP contribution in [-0.4, -0.2) is 59.9 Å². The maximum Gasteiger partial charge on any atom is 0.336 e. The summed E-state index contributed by atoms with van der Waals surface area (Å²) in [5.41, 5.74) is -1.64. The van der Waals surface area contributed by atoms with Gasteiger partial charge in [-0.15, -0.1) is 0 Å². The Morgan fingerprint density at radius 2 is 2.31 bits per heavy atom. The molecule has 0 radical (unpaired) electrons. The number of carbonyl (C=O) groups is 1. The van der Waals surface area contributed by atoms with Gasteiger partial charge in [0, 0.05) is 13.1 Å². The van der Waals surface area contributed by atoms with Crippen LogP contribution in [0, 0.1) is 5.92 Å². The molecule has 94 valence electrons. The average Bonchev–Trinajstić information content (AvgIpc) is 2.17. The van der Waals surface area contributed by atoms with Crippen molar-refractivity contribution in [1.82, 2.24) is 10.2 Å². The molecule has 1 saturated heterocycles. The fourth-order valence-electron chi connectivity index (χ4n) is 2.25. The van der Waals surface area contributed by atoms with Gasteiger partial charge in [-0.3, -0.25) is 4.90 Å². The summed E-state index contributed by atoms with van der Waals surface area (Å²) in [6.45, 7) is 4.26. The van der Waals surface area contributed by atoms with Crippen molar-refractivity contribution in [2.45, 2.75) is 25.4 Å². The molecule has 1 heterocycles. The molecule has 1 rings (SSSR count). The molecule has 5 nitrogen and oxygen atoms in total. The molecular weight excluding hydrogens is 208 g/mol. The molecule has 0 aromatic rings. The van der Waals surface area contributed by atoms with Gasteiger partial charge in [0.2, 0.25) is 0 Å². The first-order chi connectivity index (χ1) is 7.45.